The van der Waals surface area contributed by atoms with Crippen molar-refractivity contribution in [3.05, 3.63) is 21.8 Å². The van der Waals surface area contributed by atoms with Gasteiger partial charge in [-0.3, -0.25) is 0 Å². The number of hydrogen-bond donors (Lipinski definition) is 2. The zero-order chi connectivity index (χ0) is 11.6. The van der Waals surface area contributed by atoms with E-state index in [9.17, 15) is 0 Å². The Morgan fingerprint density at radius 3 is 2.75 bits per heavy atom. The van der Waals surface area contributed by atoms with Gasteiger partial charge in [-0.1, -0.05) is 13.3 Å². The highest BCUT2D eigenvalue weighted by atomic mass is 127. The summed E-state index contributed by atoms with van der Waals surface area (Å²) >= 11 is 2.28. The number of nitrogens with one attached hydrogen (secondary N) is 1. The molecule has 3 N–H and O–H groups in total. The molecule has 16 heavy (non-hydrogen) atoms. The van der Waals surface area contributed by atoms with Crippen LogP contribution in [0.15, 0.2) is 18.2 Å². The summed E-state index contributed by atoms with van der Waals surface area (Å²) in [6, 6.07) is 6.19. The zero-order valence-electron chi connectivity index (χ0n) is 9.72. The van der Waals surface area contributed by atoms with Crippen LogP contribution in [0.4, 0.5) is 11.4 Å². The number of rotatable bonds is 5. The average Bonchev–Trinajstić information content (AvgIpc) is 2.98. The number of hydrogen-bond acceptors (Lipinski definition) is 2. The lowest BCUT2D eigenvalue weighted by Gasteiger charge is -2.17. The average molecular weight is 330 g/mol. The Morgan fingerprint density at radius 1 is 1.44 bits per heavy atom. The highest BCUT2D eigenvalue weighted by Gasteiger charge is 2.41. The van der Waals surface area contributed by atoms with E-state index in [4.69, 9.17) is 5.73 Å². The van der Waals surface area contributed by atoms with Gasteiger partial charge in [0.2, 0.25) is 0 Å². The fourth-order valence-corrected chi connectivity index (χ4v) is 2.71. The first kappa shape index (κ1) is 12.0. The van der Waals surface area contributed by atoms with Crippen LogP contribution in [0.1, 0.15) is 32.6 Å². The Morgan fingerprint density at radius 2 is 2.19 bits per heavy atom. The lowest BCUT2D eigenvalue weighted by atomic mass is 10.0. The third kappa shape index (κ3) is 2.81. The first-order valence-electron chi connectivity index (χ1n) is 5.94. The lowest BCUT2D eigenvalue weighted by Crippen LogP contribution is -2.15. The van der Waals surface area contributed by atoms with Crippen LogP contribution in [0, 0.1) is 8.99 Å². The van der Waals surface area contributed by atoms with Gasteiger partial charge in [0.15, 0.2) is 0 Å². The fourth-order valence-electron chi connectivity index (χ4n) is 2.20. The van der Waals surface area contributed by atoms with Gasteiger partial charge >= 0.3 is 0 Å². The number of halogens is 1. The molecule has 1 saturated carbocycles. The molecule has 1 aliphatic rings. The Balaban J connectivity index is 1.94. The third-order valence-electron chi connectivity index (χ3n) is 3.40. The second-order valence-corrected chi connectivity index (χ2v) is 6.08. The Labute approximate surface area is 111 Å². The van der Waals surface area contributed by atoms with Crippen LogP contribution in [0.3, 0.4) is 0 Å². The van der Waals surface area contributed by atoms with Gasteiger partial charge in [-0.15, -0.1) is 0 Å². The molecule has 3 heteroatoms. The summed E-state index contributed by atoms with van der Waals surface area (Å²) in [7, 11) is 0. The molecule has 0 heterocycles. The second kappa shape index (κ2) is 4.82. The minimum absolute atomic E-state index is 0.574. The predicted octanol–water partition coefficient (Wildman–Crippen LogP) is 3.87. The van der Waals surface area contributed by atoms with Crippen LogP contribution in [0.25, 0.3) is 0 Å². The van der Waals surface area contributed by atoms with Gasteiger partial charge in [-0.05, 0) is 65.5 Å². The largest absolute Gasteiger partial charge is 0.397 e. The van der Waals surface area contributed by atoms with Crippen LogP contribution in [0.5, 0.6) is 0 Å². The molecule has 0 aromatic heterocycles. The fraction of sp³-hybridized carbons (Fsp3) is 0.538. The highest BCUT2D eigenvalue weighted by molar-refractivity contribution is 14.1. The van der Waals surface area contributed by atoms with Crippen molar-refractivity contribution in [2.24, 2.45) is 5.41 Å². The van der Waals surface area contributed by atoms with Crippen molar-refractivity contribution in [1.82, 2.24) is 0 Å². The maximum absolute atomic E-state index is 5.98. The van der Waals surface area contributed by atoms with E-state index in [2.05, 4.69) is 47.0 Å². The molecule has 88 valence electrons. The van der Waals surface area contributed by atoms with E-state index in [0.29, 0.717) is 5.41 Å². The molecule has 0 aliphatic heterocycles. The van der Waals surface area contributed by atoms with Gasteiger partial charge in [-0.25, -0.2) is 0 Å². The number of benzene rings is 1. The van der Waals surface area contributed by atoms with Gasteiger partial charge in [0.1, 0.15) is 0 Å². The van der Waals surface area contributed by atoms with Crippen LogP contribution in [-0.2, 0) is 0 Å². The molecule has 1 aromatic rings. The predicted molar refractivity (Wildman–Crippen MR) is 78.6 cm³/mol. The standard InChI is InChI=1S/C13H19IN2/c1-2-5-13(6-7-13)9-16-12-4-3-10(14)8-11(12)15/h3-4,8,16H,2,5-7,9,15H2,1H3. The quantitative estimate of drug-likeness (QED) is 0.635. The van der Waals surface area contributed by atoms with Crippen molar-refractivity contribution in [1.29, 1.82) is 0 Å². The lowest BCUT2D eigenvalue weighted by molar-refractivity contribution is 0.486. The Kier molecular flexibility index (Phi) is 3.62. The molecule has 0 spiro atoms. The number of nitrogen functional groups attached to an aromatic ring is 1. The Hall–Kier alpha value is -0.450. The summed E-state index contributed by atoms with van der Waals surface area (Å²) in [4.78, 5) is 0. The van der Waals surface area contributed by atoms with Gasteiger partial charge in [-0.2, -0.15) is 0 Å². The molecule has 1 aromatic carbocycles. The van der Waals surface area contributed by atoms with Crippen molar-refractivity contribution in [3.8, 4) is 0 Å². The van der Waals surface area contributed by atoms with E-state index in [1.165, 1.54) is 29.3 Å². The summed E-state index contributed by atoms with van der Waals surface area (Å²) in [5.74, 6) is 0. The Bertz CT molecular complexity index is 372. The van der Waals surface area contributed by atoms with Crippen LogP contribution in [0.2, 0.25) is 0 Å². The SMILES string of the molecule is CCCC1(CNc2ccc(I)cc2N)CC1. The van der Waals surface area contributed by atoms with Gasteiger partial charge in [0, 0.05) is 10.1 Å². The maximum Gasteiger partial charge on any atom is 0.0574 e. The molecule has 0 bridgehead atoms. The molecule has 2 nitrogen and oxygen atoms in total. The minimum Gasteiger partial charge on any atom is -0.397 e. The molecule has 0 amide bonds. The molecular formula is C13H19IN2. The highest BCUT2D eigenvalue weighted by Crippen LogP contribution is 2.49. The summed E-state index contributed by atoms with van der Waals surface area (Å²) in [5, 5.41) is 3.50. The van der Waals surface area contributed by atoms with Crippen molar-refractivity contribution < 1.29 is 0 Å². The number of nitrogens with two attached hydrogens (primary N) is 1. The van der Waals surface area contributed by atoms with E-state index in [-0.39, 0.29) is 0 Å². The molecule has 0 unspecified atom stereocenters. The summed E-state index contributed by atoms with van der Waals surface area (Å²) < 4.78 is 1.19. The first-order valence-corrected chi connectivity index (χ1v) is 7.02. The monoisotopic (exact) mass is 330 g/mol. The van der Waals surface area contributed by atoms with Crippen LogP contribution in [-0.4, -0.2) is 6.54 Å². The third-order valence-corrected chi connectivity index (χ3v) is 4.08. The molecule has 1 aliphatic carbocycles. The molecule has 1 fully saturated rings. The van der Waals surface area contributed by atoms with Gasteiger partial charge in [0.05, 0.1) is 11.4 Å². The van der Waals surface area contributed by atoms with Gasteiger partial charge < -0.3 is 11.1 Å². The maximum atomic E-state index is 5.98. The smallest absolute Gasteiger partial charge is 0.0574 e. The van der Waals surface area contributed by atoms with Crippen molar-refractivity contribution in [2.45, 2.75) is 32.6 Å². The van der Waals surface area contributed by atoms with E-state index in [0.717, 1.165) is 17.9 Å². The first-order chi connectivity index (χ1) is 7.65. The molecular weight excluding hydrogens is 311 g/mol. The molecule has 0 radical (unpaired) electrons. The normalized spacial score (nSPS) is 17.1. The van der Waals surface area contributed by atoms with Crippen molar-refractivity contribution >= 4 is 34.0 Å². The van der Waals surface area contributed by atoms with Crippen LogP contribution >= 0.6 is 22.6 Å². The van der Waals surface area contributed by atoms with Gasteiger partial charge in [0.25, 0.3) is 0 Å². The number of anilines is 2. The molecule has 0 saturated heterocycles. The topological polar surface area (TPSA) is 38.0 Å². The van der Waals surface area contributed by atoms with E-state index >= 15 is 0 Å². The van der Waals surface area contributed by atoms with Crippen molar-refractivity contribution in [2.75, 3.05) is 17.6 Å². The second-order valence-electron chi connectivity index (χ2n) is 4.84. The zero-order valence-corrected chi connectivity index (χ0v) is 11.9. The van der Waals surface area contributed by atoms with Crippen molar-refractivity contribution in [3.63, 3.8) is 0 Å². The molecule has 2 rings (SSSR count). The minimum atomic E-state index is 0.574. The van der Waals surface area contributed by atoms with E-state index in [1.54, 1.807) is 0 Å². The summed E-state index contributed by atoms with van der Waals surface area (Å²) in [6.45, 7) is 3.34. The van der Waals surface area contributed by atoms with E-state index in [1.807, 2.05) is 6.07 Å². The van der Waals surface area contributed by atoms with E-state index < -0.39 is 0 Å². The molecule has 0 atom stereocenters. The summed E-state index contributed by atoms with van der Waals surface area (Å²) in [6.07, 6.45) is 5.37. The van der Waals surface area contributed by atoms with Crippen LogP contribution < -0.4 is 11.1 Å². The summed E-state index contributed by atoms with van der Waals surface area (Å²) in [5.41, 5.74) is 8.50.